The van der Waals surface area contributed by atoms with Gasteiger partial charge >= 0.3 is 0 Å². The summed E-state index contributed by atoms with van der Waals surface area (Å²) in [5.74, 6) is -0.559. The number of nitrogens with two attached hydrogens (primary N) is 1. The van der Waals surface area contributed by atoms with Crippen molar-refractivity contribution in [2.45, 2.75) is 50.5 Å². The predicted molar refractivity (Wildman–Crippen MR) is 104 cm³/mol. The number of likely N-dealkylation sites (tertiary alicyclic amines) is 1. The zero-order chi connectivity index (χ0) is 19.9. The number of primary amides is 1. The van der Waals surface area contributed by atoms with Crippen molar-refractivity contribution >= 4 is 23.2 Å². The van der Waals surface area contributed by atoms with Crippen molar-refractivity contribution in [2.75, 3.05) is 6.54 Å². The minimum atomic E-state index is -0.503. The molecule has 7 nitrogen and oxygen atoms in total. The van der Waals surface area contributed by atoms with Crippen molar-refractivity contribution in [3.05, 3.63) is 34.7 Å². The summed E-state index contributed by atoms with van der Waals surface area (Å²) < 4.78 is 0. The zero-order valence-electron chi connectivity index (χ0n) is 15.6. The fourth-order valence-electron chi connectivity index (χ4n) is 3.77. The Bertz CT molecular complexity index is 989. The van der Waals surface area contributed by atoms with E-state index in [9.17, 15) is 14.9 Å². The van der Waals surface area contributed by atoms with Gasteiger partial charge in [-0.25, -0.2) is 4.98 Å². The van der Waals surface area contributed by atoms with Gasteiger partial charge in [0.05, 0.1) is 34.2 Å². The minimum absolute atomic E-state index is 0.113. The Balaban J connectivity index is 1.55. The van der Waals surface area contributed by atoms with Crippen molar-refractivity contribution < 1.29 is 9.59 Å². The first-order valence-corrected chi connectivity index (χ1v) is 10.2. The van der Waals surface area contributed by atoms with Crippen LogP contribution < -0.4 is 5.73 Å². The molecule has 2 aromatic heterocycles. The number of aromatic nitrogens is 2. The highest BCUT2D eigenvalue weighted by Gasteiger charge is 2.46. The van der Waals surface area contributed by atoms with Crippen LogP contribution in [0.1, 0.15) is 42.1 Å². The zero-order valence-corrected chi connectivity index (χ0v) is 16.5. The number of nitrogens with zero attached hydrogens (tertiary/aromatic N) is 4. The lowest BCUT2D eigenvalue weighted by Gasteiger charge is -2.21. The lowest BCUT2D eigenvalue weighted by atomic mass is 10.0. The summed E-state index contributed by atoms with van der Waals surface area (Å²) in [4.78, 5) is 35.7. The fraction of sp³-hybridized carbons (Fsp3) is 0.450. The monoisotopic (exact) mass is 395 g/mol. The average molecular weight is 395 g/mol. The van der Waals surface area contributed by atoms with Crippen LogP contribution >= 0.6 is 11.3 Å². The van der Waals surface area contributed by atoms with Gasteiger partial charge in [-0.05, 0) is 50.3 Å². The van der Waals surface area contributed by atoms with Gasteiger partial charge in [0, 0.05) is 12.7 Å². The predicted octanol–water partition coefficient (Wildman–Crippen LogP) is 2.09. The van der Waals surface area contributed by atoms with E-state index in [1.54, 1.807) is 11.1 Å². The van der Waals surface area contributed by atoms with E-state index >= 15 is 0 Å². The number of pyridine rings is 1. The van der Waals surface area contributed by atoms with Crippen molar-refractivity contribution in [3.63, 3.8) is 0 Å². The van der Waals surface area contributed by atoms with Crippen LogP contribution in [0.3, 0.4) is 0 Å². The Labute approximate surface area is 167 Å². The number of carbonyl (C=O) groups is 2. The molecule has 1 aliphatic heterocycles. The molecule has 1 aliphatic carbocycles. The summed E-state index contributed by atoms with van der Waals surface area (Å²) in [5.41, 5.74) is 7.60. The SMILES string of the molecule is Cc1nc(CC(=O)N2CCC[C@H]2C(N)=O)sc1-c1ccnc(C2(C#N)CC2)c1. The molecular weight excluding hydrogens is 374 g/mol. The van der Waals surface area contributed by atoms with E-state index in [0.717, 1.165) is 41.1 Å². The third kappa shape index (κ3) is 3.27. The molecular formula is C20H21N5O2S. The molecule has 0 spiro atoms. The first-order valence-electron chi connectivity index (χ1n) is 9.37. The molecule has 2 fully saturated rings. The molecule has 144 valence electrons. The van der Waals surface area contributed by atoms with E-state index in [4.69, 9.17) is 5.73 Å². The molecule has 4 rings (SSSR count). The minimum Gasteiger partial charge on any atom is -0.368 e. The van der Waals surface area contributed by atoms with E-state index in [2.05, 4.69) is 16.0 Å². The van der Waals surface area contributed by atoms with Crippen molar-refractivity contribution in [3.8, 4) is 16.5 Å². The van der Waals surface area contributed by atoms with Crippen LogP contribution in [0, 0.1) is 18.3 Å². The van der Waals surface area contributed by atoms with E-state index in [0.29, 0.717) is 18.0 Å². The Morgan fingerprint density at radius 1 is 1.46 bits per heavy atom. The number of hydrogen-bond acceptors (Lipinski definition) is 6. The maximum atomic E-state index is 12.7. The quantitative estimate of drug-likeness (QED) is 0.833. The van der Waals surface area contributed by atoms with E-state index in [1.165, 1.54) is 11.3 Å². The maximum Gasteiger partial charge on any atom is 0.240 e. The van der Waals surface area contributed by atoms with Crippen LogP contribution in [-0.2, 0) is 21.4 Å². The van der Waals surface area contributed by atoms with E-state index in [-0.39, 0.29) is 12.3 Å². The Morgan fingerprint density at radius 2 is 2.25 bits per heavy atom. The molecule has 2 amide bonds. The Morgan fingerprint density at radius 3 is 2.93 bits per heavy atom. The lowest BCUT2D eigenvalue weighted by molar-refractivity contribution is -0.136. The molecule has 2 aliphatic rings. The molecule has 28 heavy (non-hydrogen) atoms. The van der Waals surface area contributed by atoms with Gasteiger partial charge in [0.2, 0.25) is 11.8 Å². The summed E-state index contributed by atoms with van der Waals surface area (Å²) in [6, 6.07) is 5.75. The van der Waals surface area contributed by atoms with Gasteiger partial charge in [-0.15, -0.1) is 11.3 Å². The highest BCUT2D eigenvalue weighted by Crippen LogP contribution is 2.47. The van der Waals surface area contributed by atoms with Crippen molar-refractivity contribution in [1.82, 2.24) is 14.9 Å². The second-order valence-corrected chi connectivity index (χ2v) is 8.55. The van der Waals surface area contributed by atoms with Gasteiger partial charge in [0.1, 0.15) is 11.0 Å². The van der Waals surface area contributed by atoms with E-state index in [1.807, 2.05) is 19.1 Å². The van der Waals surface area contributed by atoms with E-state index < -0.39 is 17.4 Å². The van der Waals surface area contributed by atoms with Gasteiger partial charge in [-0.3, -0.25) is 14.6 Å². The topological polar surface area (TPSA) is 113 Å². The highest BCUT2D eigenvalue weighted by atomic mass is 32.1. The van der Waals surface area contributed by atoms with Crippen LogP contribution in [0.25, 0.3) is 10.4 Å². The molecule has 0 radical (unpaired) electrons. The molecule has 0 aromatic carbocycles. The standard InChI is InChI=1S/C20H21N5O2S/c1-12-18(13-4-7-23-15(9-13)20(11-21)5-6-20)28-16(24-12)10-17(26)25-8-2-3-14(25)19(22)27/h4,7,9,14H,2-3,5-6,8,10H2,1H3,(H2,22,27)/t14-/m0/s1. The van der Waals surface area contributed by atoms with Gasteiger partial charge in [-0.2, -0.15) is 5.26 Å². The number of nitriles is 1. The molecule has 0 unspecified atom stereocenters. The van der Waals surface area contributed by atoms with Gasteiger partial charge < -0.3 is 10.6 Å². The third-order valence-electron chi connectivity index (χ3n) is 5.52. The molecule has 1 atom stereocenters. The van der Waals surface area contributed by atoms with Crippen LogP contribution in [0.2, 0.25) is 0 Å². The Kier molecular flexibility index (Phi) is 4.63. The fourth-order valence-corrected chi connectivity index (χ4v) is 4.82. The summed E-state index contributed by atoms with van der Waals surface area (Å²) in [6.45, 7) is 2.48. The molecule has 1 saturated heterocycles. The molecule has 8 heteroatoms. The van der Waals surface area contributed by atoms with Gasteiger partial charge in [0.25, 0.3) is 0 Å². The smallest absolute Gasteiger partial charge is 0.240 e. The molecule has 2 aromatic rings. The van der Waals surface area contributed by atoms with Gasteiger partial charge in [-0.1, -0.05) is 0 Å². The second-order valence-electron chi connectivity index (χ2n) is 7.47. The van der Waals surface area contributed by atoms with Crippen LogP contribution in [-0.4, -0.2) is 39.3 Å². The first-order chi connectivity index (χ1) is 13.4. The number of thiazole rings is 1. The average Bonchev–Trinajstić information content (AvgIpc) is 3.16. The van der Waals surface area contributed by atoms with Crippen molar-refractivity contribution in [2.24, 2.45) is 5.73 Å². The number of rotatable bonds is 5. The number of aryl methyl sites for hydroxylation is 1. The normalized spacial score (nSPS) is 20.0. The summed E-state index contributed by atoms with van der Waals surface area (Å²) in [5, 5.41) is 10.1. The van der Waals surface area contributed by atoms with Crippen molar-refractivity contribution in [1.29, 1.82) is 5.26 Å². The molecule has 3 heterocycles. The summed E-state index contributed by atoms with van der Waals surface area (Å²) in [6.07, 6.45) is 5.01. The summed E-state index contributed by atoms with van der Waals surface area (Å²) in [7, 11) is 0. The largest absolute Gasteiger partial charge is 0.368 e. The van der Waals surface area contributed by atoms with Crippen LogP contribution in [0.4, 0.5) is 0 Å². The number of amides is 2. The second kappa shape index (κ2) is 6.99. The first kappa shape index (κ1) is 18.6. The van der Waals surface area contributed by atoms with Crippen LogP contribution in [0.15, 0.2) is 18.3 Å². The summed E-state index contributed by atoms with van der Waals surface area (Å²) >= 11 is 1.47. The maximum absolute atomic E-state index is 12.7. The third-order valence-corrected chi connectivity index (χ3v) is 6.73. The number of hydrogen-bond donors (Lipinski definition) is 1. The highest BCUT2D eigenvalue weighted by molar-refractivity contribution is 7.15. The number of carbonyl (C=O) groups excluding carboxylic acids is 2. The molecule has 2 N–H and O–H groups in total. The van der Waals surface area contributed by atoms with Crippen LogP contribution in [0.5, 0.6) is 0 Å². The lowest BCUT2D eigenvalue weighted by Crippen LogP contribution is -2.44. The molecule has 1 saturated carbocycles. The molecule has 0 bridgehead atoms. The van der Waals surface area contributed by atoms with Gasteiger partial charge in [0.15, 0.2) is 0 Å². The Hall–Kier alpha value is -2.79.